The number of benzene rings is 1. The number of amides is 2. The first-order chi connectivity index (χ1) is 14.9. The van der Waals surface area contributed by atoms with E-state index in [4.69, 9.17) is 5.73 Å². The molecule has 31 heavy (non-hydrogen) atoms. The fourth-order valence-electron chi connectivity index (χ4n) is 3.48. The third kappa shape index (κ3) is 4.31. The topological polar surface area (TPSA) is 115 Å². The number of hydrogen-bond acceptors (Lipinski definition) is 6. The van der Waals surface area contributed by atoms with Crippen LogP contribution in [0.4, 0.5) is 0 Å². The number of carbonyl (C=O) groups is 2. The summed E-state index contributed by atoms with van der Waals surface area (Å²) in [5.41, 5.74) is 10.6. The molecule has 4 aromatic rings. The first-order valence-corrected chi connectivity index (χ1v) is 10.7. The van der Waals surface area contributed by atoms with Crippen molar-refractivity contribution in [2.75, 3.05) is 0 Å². The summed E-state index contributed by atoms with van der Waals surface area (Å²) in [5, 5.41) is 10.0. The van der Waals surface area contributed by atoms with E-state index in [0.717, 1.165) is 33.2 Å². The van der Waals surface area contributed by atoms with Gasteiger partial charge in [0.25, 0.3) is 5.91 Å². The summed E-state index contributed by atoms with van der Waals surface area (Å²) >= 11 is 1.53. The van der Waals surface area contributed by atoms with Gasteiger partial charge in [-0.15, -0.1) is 11.3 Å². The van der Waals surface area contributed by atoms with Crippen molar-refractivity contribution in [2.24, 2.45) is 5.73 Å². The lowest BCUT2D eigenvalue weighted by Gasteiger charge is -2.11. The molecule has 0 aliphatic rings. The van der Waals surface area contributed by atoms with Gasteiger partial charge in [0, 0.05) is 28.8 Å². The van der Waals surface area contributed by atoms with Crippen molar-refractivity contribution < 1.29 is 9.59 Å². The number of thiazole rings is 1. The molecule has 9 heteroatoms. The van der Waals surface area contributed by atoms with Crippen LogP contribution < -0.4 is 11.1 Å². The summed E-state index contributed by atoms with van der Waals surface area (Å²) in [7, 11) is 0. The van der Waals surface area contributed by atoms with Gasteiger partial charge in [-0.2, -0.15) is 5.10 Å². The Labute approximate surface area is 183 Å². The van der Waals surface area contributed by atoms with E-state index in [1.165, 1.54) is 17.5 Å². The fraction of sp³-hybridized carbons (Fsp3) is 0.227. The second-order valence-electron chi connectivity index (χ2n) is 7.19. The standard InChI is InChI=1S/C22H22N6O2S/c1-13-16(14(2)28-22(26-13)17(10-25-28)21(23)30)8-9-19(29)24-11-20-27-18(12-31-20)15-6-4-3-5-7-15/h3-7,10,12H,8-9,11H2,1-2H3,(H2,23,30)(H,24,29). The number of rotatable bonds is 7. The van der Waals surface area contributed by atoms with E-state index in [0.29, 0.717) is 25.0 Å². The third-order valence-corrected chi connectivity index (χ3v) is 5.98. The number of nitrogens with one attached hydrogen (secondary N) is 1. The fourth-order valence-corrected chi connectivity index (χ4v) is 4.22. The maximum Gasteiger partial charge on any atom is 0.254 e. The van der Waals surface area contributed by atoms with Crippen LogP contribution in [-0.4, -0.2) is 31.4 Å². The highest BCUT2D eigenvalue weighted by Gasteiger charge is 2.17. The van der Waals surface area contributed by atoms with E-state index in [1.54, 1.807) is 4.52 Å². The van der Waals surface area contributed by atoms with Crippen LogP contribution in [0.2, 0.25) is 0 Å². The van der Waals surface area contributed by atoms with Crippen LogP contribution in [0.3, 0.4) is 0 Å². The average Bonchev–Trinajstić information content (AvgIpc) is 3.40. The Kier molecular flexibility index (Phi) is 5.77. The van der Waals surface area contributed by atoms with Crippen molar-refractivity contribution in [1.82, 2.24) is 24.9 Å². The molecule has 0 unspecified atom stereocenters. The minimum atomic E-state index is -0.564. The van der Waals surface area contributed by atoms with Gasteiger partial charge in [0.15, 0.2) is 5.65 Å². The van der Waals surface area contributed by atoms with Crippen molar-refractivity contribution in [3.63, 3.8) is 0 Å². The van der Waals surface area contributed by atoms with Crippen molar-refractivity contribution in [1.29, 1.82) is 0 Å². The van der Waals surface area contributed by atoms with Gasteiger partial charge in [-0.25, -0.2) is 14.5 Å². The third-order valence-electron chi connectivity index (χ3n) is 5.13. The molecule has 3 heterocycles. The number of aryl methyl sites for hydroxylation is 2. The number of nitrogens with zero attached hydrogens (tertiary/aromatic N) is 4. The maximum absolute atomic E-state index is 12.4. The van der Waals surface area contributed by atoms with E-state index in [1.807, 2.05) is 49.6 Å². The minimum Gasteiger partial charge on any atom is -0.365 e. The average molecular weight is 435 g/mol. The van der Waals surface area contributed by atoms with Gasteiger partial charge in [0.1, 0.15) is 10.6 Å². The lowest BCUT2D eigenvalue weighted by molar-refractivity contribution is -0.121. The molecular formula is C22H22N6O2S. The number of fused-ring (bicyclic) bond motifs is 1. The van der Waals surface area contributed by atoms with E-state index >= 15 is 0 Å². The number of nitrogens with two attached hydrogens (primary N) is 1. The molecule has 158 valence electrons. The first kappa shape index (κ1) is 20.7. The van der Waals surface area contributed by atoms with Crippen LogP contribution in [0.25, 0.3) is 16.9 Å². The summed E-state index contributed by atoms with van der Waals surface area (Å²) in [6.07, 6.45) is 2.26. The number of hydrogen-bond donors (Lipinski definition) is 2. The van der Waals surface area contributed by atoms with Gasteiger partial charge >= 0.3 is 0 Å². The Hall–Kier alpha value is -3.59. The van der Waals surface area contributed by atoms with Crippen molar-refractivity contribution in [3.05, 3.63) is 69.4 Å². The highest BCUT2D eigenvalue weighted by molar-refractivity contribution is 7.09. The Morgan fingerprint density at radius 3 is 2.68 bits per heavy atom. The summed E-state index contributed by atoms with van der Waals surface area (Å²) in [6.45, 7) is 4.15. The predicted octanol–water partition coefficient (Wildman–Crippen LogP) is 2.82. The van der Waals surface area contributed by atoms with Crippen molar-refractivity contribution in [2.45, 2.75) is 33.2 Å². The zero-order valence-corrected chi connectivity index (χ0v) is 18.1. The summed E-state index contributed by atoms with van der Waals surface area (Å²) in [6, 6.07) is 9.95. The molecule has 0 fully saturated rings. The van der Waals surface area contributed by atoms with Crippen LogP contribution in [0.1, 0.15) is 38.7 Å². The summed E-state index contributed by atoms with van der Waals surface area (Å²) in [4.78, 5) is 33.0. The molecule has 0 saturated heterocycles. The van der Waals surface area contributed by atoms with Gasteiger partial charge in [0.2, 0.25) is 5.91 Å². The molecule has 0 atom stereocenters. The molecule has 2 amide bonds. The zero-order chi connectivity index (χ0) is 22.0. The Bertz CT molecular complexity index is 1260. The van der Waals surface area contributed by atoms with Crippen LogP contribution in [0.15, 0.2) is 41.9 Å². The quantitative estimate of drug-likeness (QED) is 0.464. The van der Waals surface area contributed by atoms with Crippen LogP contribution >= 0.6 is 11.3 Å². The van der Waals surface area contributed by atoms with E-state index in [2.05, 4.69) is 20.4 Å². The minimum absolute atomic E-state index is 0.0614. The molecule has 0 aliphatic heterocycles. The number of primary amides is 1. The molecule has 0 spiro atoms. The molecule has 8 nitrogen and oxygen atoms in total. The van der Waals surface area contributed by atoms with Crippen LogP contribution in [-0.2, 0) is 17.8 Å². The number of carbonyl (C=O) groups excluding carboxylic acids is 2. The lowest BCUT2D eigenvalue weighted by Crippen LogP contribution is -2.23. The molecule has 4 rings (SSSR count). The van der Waals surface area contributed by atoms with Gasteiger partial charge in [-0.1, -0.05) is 30.3 Å². The SMILES string of the molecule is Cc1nc2c(C(N)=O)cnn2c(C)c1CCC(=O)NCc1nc(-c2ccccc2)cs1. The normalized spacial score (nSPS) is 11.0. The monoisotopic (exact) mass is 434 g/mol. The van der Waals surface area contributed by atoms with Gasteiger partial charge < -0.3 is 11.1 Å². The second-order valence-corrected chi connectivity index (χ2v) is 8.13. The Morgan fingerprint density at radius 2 is 1.94 bits per heavy atom. The predicted molar refractivity (Wildman–Crippen MR) is 119 cm³/mol. The van der Waals surface area contributed by atoms with Gasteiger partial charge in [-0.05, 0) is 25.8 Å². The van der Waals surface area contributed by atoms with Gasteiger partial charge in [0.05, 0.1) is 18.4 Å². The zero-order valence-electron chi connectivity index (χ0n) is 17.3. The molecule has 0 radical (unpaired) electrons. The molecule has 0 saturated carbocycles. The highest BCUT2D eigenvalue weighted by atomic mass is 32.1. The summed E-state index contributed by atoms with van der Waals surface area (Å²) < 4.78 is 1.60. The van der Waals surface area contributed by atoms with Gasteiger partial charge in [-0.3, -0.25) is 9.59 Å². The Morgan fingerprint density at radius 1 is 1.16 bits per heavy atom. The largest absolute Gasteiger partial charge is 0.365 e. The first-order valence-electron chi connectivity index (χ1n) is 9.84. The molecule has 1 aromatic carbocycles. The number of aromatic nitrogens is 4. The molecular weight excluding hydrogens is 412 g/mol. The van der Waals surface area contributed by atoms with E-state index in [-0.39, 0.29) is 11.5 Å². The Balaban J connectivity index is 1.39. The van der Waals surface area contributed by atoms with Crippen molar-refractivity contribution >= 4 is 28.8 Å². The molecule has 0 bridgehead atoms. The maximum atomic E-state index is 12.4. The van der Waals surface area contributed by atoms with Crippen LogP contribution in [0, 0.1) is 13.8 Å². The smallest absolute Gasteiger partial charge is 0.254 e. The van der Waals surface area contributed by atoms with E-state index < -0.39 is 5.91 Å². The van der Waals surface area contributed by atoms with Crippen LogP contribution in [0.5, 0.6) is 0 Å². The molecule has 3 aromatic heterocycles. The van der Waals surface area contributed by atoms with E-state index in [9.17, 15) is 9.59 Å². The molecule has 0 aliphatic carbocycles. The van der Waals surface area contributed by atoms with Crippen molar-refractivity contribution in [3.8, 4) is 11.3 Å². The summed E-state index contributed by atoms with van der Waals surface area (Å²) in [5.74, 6) is -0.625. The molecule has 3 N–H and O–H groups in total. The lowest BCUT2D eigenvalue weighted by atomic mass is 10.1. The second kappa shape index (κ2) is 8.65. The highest BCUT2D eigenvalue weighted by Crippen LogP contribution is 2.22.